The molecule has 2 aromatic carbocycles. The Kier molecular flexibility index (Phi) is 7.18. The number of non-ortho nitro benzene ring substituents is 1. The van der Waals surface area contributed by atoms with Crippen molar-refractivity contribution in [3.8, 4) is 11.5 Å². The summed E-state index contributed by atoms with van der Waals surface area (Å²) in [4.78, 5) is 10.3. The fraction of sp³-hybridized carbons (Fsp3) is 0.238. The molecule has 164 valence electrons. The third kappa shape index (κ3) is 5.72. The van der Waals surface area contributed by atoms with Crippen molar-refractivity contribution in [1.82, 2.24) is 20.4 Å². The van der Waals surface area contributed by atoms with Crippen LogP contribution < -0.4 is 0 Å². The molecule has 4 rings (SSSR count). The molecule has 0 bridgehead atoms. The molecule has 0 amide bonds. The predicted molar refractivity (Wildman–Crippen MR) is 126 cm³/mol. The van der Waals surface area contributed by atoms with E-state index < -0.39 is 4.92 Å². The van der Waals surface area contributed by atoms with Gasteiger partial charge in [-0.1, -0.05) is 73.0 Å². The highest BCUT2D eigenvalue weighted by Crippen LogP contribution is 2.32. The summed E-state index contributed by atoms with van der Waals surface area (Å²) >= 11 is 4.69. The van der Waals surface area contributed by atoms with Gasteiger partial charge < -0.3 is 4.42 Å². The van der Waals surface area contributed by atoms with Gasteiger partial charge in [-0.15, -0.1) is 20.4 Å². The summed E-state index contributed by atoms with van der Waals surface area (Å²) in [5.41, 5.74) is 3.25. The van der Waals surface area contributed by atoms with Gasteiger partial charge in [-0.2, -0.15) is 0 Å². The second-order valence-electron chi connectivity index (χ2n) is 7.11. The Hall–Kier alpha value is -2.76. The van der Waals surface area contributed by atoms with E-state index in [1.54, 1.807) is 23.9 Å². The first-order valence-electron chi connectivity index (χ1n) is 9.73. The van der Waals surface area contributed by atoms with Crippen LogP contribution in [0.3, 0.4) is 0 Å². The van der Waals surface area contributed by atoms with Crippen LogP contribution in [-0.2, 0) is 11.5 Å². The van der Waals surface area contributed by atoms with Gasteiger partial charge in [0, 0.05) is 23.4 Å². The average Bonchev–Trinajstić information content (AvgIpc) is 3.46. The minimum absolute atomic E-state index is 0.0153. The van der Waals surface area contributed by atoms with Gasteiger partial charge in [0.1, 0.15) is 0 Å². The van der Waals surface area contributed by atoms with Crippen molar-refractivity contribution < 1.29 is 9.34 Å². The average molecular weight is 486 g/mol. The highest BCUT2D eigenvalue weighted by Gasteiger charge is 2.13. The van der Waals surface area contributed by atoms with Crippen LogP contribution in [0.1, 0.15) is 36.8 Å². The zero-order valence-corrected chi connectivity index (χ0v) is 19.7. The van der Waals surface area contributed by atoms with Gasteiger partial charge >= 0.3 is 0 Å². The molecule has 8 nitrogen and oxygen atoms in total. The van der Waals surface area contributed by atoms with E-state index in [0.29, 0.717) is 29.0 Å². The SMILES string of the molecule is CC(C)c1ccc(CSc2nnc(SCc3nnc(-c4ccc([N+](=O)[O-])cc4)o3)s2)cc1. The first-order chi connectivity index (χ1) is 15.5. The summed E-state index contributed by atoms with van der Waals surface area (Å²) in [5, 5.41) is 27.3. The molecule has 0 N–H and O–H groups in total. The number of nitrogens with zero attached hydrogens (tertiary/aromatic N) is 5. The summed E-state index contributed by atoms with van der Waals surface area (Å²) in [7, 11) is 0. The number of benzene rings is 2. The van der Waals surface area contributed by atoms with Crippen molar-refractivity contribution >= 4 is 40.5 Å². The number of aromatic nitrogens is 4. The molecule has 4 aromatic rings. The molecule has 32 heavy (non-hydrogen) atoms. The lowest BCUT2D eigenvalue weighted by atomic mass is 10.0. The molecular weight excluding hydrogens is 466 g/mol. The molecular formula is C21H19N5O3S3. The van der Waals surface area contributed by atoms with Gasteiger partial charge in [0.2, 0.25) is 11.8 Å². The zero-order chi connectivity index (χ0) is 22.5. The Bertz CT molecular complexity index is 1190. The third-order valence-electron chi connectivity index (χ3n) is 4.51. The Morgan fingerprint density at radius 2 is 1.59 bits per heavy atom. The number of nitro benzene ring substituents is 1. The molecule has 0 atom stereocenters. The van der Waals surface area contributed by atoms with Crippen molar-refractivity contribution in [1.29, 1.82) is 0 Å². The molecule has 0 aliphatic rings. The fourth-order valence-electron chi connectivity index (χ4n) is 2.74. The lowest BCUT2D eigenvalue weighted by Crippen LogP contribution is -1.87. The van der Waals surface area contributed by atoms with Crippen LogP contribution in [0, 0.1) is 10.1 Å². The van der Waals surface area contributed by atoms with E-state index >= 15 is 0 Å². The molecule has 0 aliphatic carbocycles. The van der Waals surface area contributed by atoms with Crippen molar-refractivity contribution in [3.63, 3.8) is 0 Å². The Morgan fingerprint density at radius 3 is 2.22 bits per heavy atom. The van der Waals surface area contributed by atoms with Crippen LogP contribution >= 0.6 is 34.9 Å². The summed E-state index contributed by atoms with van der Waals surface area (Å²) in [6.45, 7) is 4.38. The van der Waals surface area contributed by atoms with Crippen molar-refractivity contribution in [2.75, 3.05) is 0 Å². The van der Waals surface area contributed by atoms with E-state index in [9.17, 15) is 10.1 Å². The number of hydrogen-bond acceptors (Lipinski definition) is 10. The maximum atomic E-state index is 10.8. The van der Waals surface area contributed by atoms with Gasteiger partial charge in [0.05, 0.1) is 10.7 Å². The Labute approximate surface area is 197 Å². The minimum Gasteiger partial charge on any atom is -0.420 e. The quantitative estimate of drug-likeness (QED) is 0.155. The fourth-order valence-corrected chi connectivity index (χ4v) is 5.55. The lowest BCUT2D eigenvalue weighted by Gasteiger charge is -2.05. The van der Waals surface area contributed by atoms with Gasteiger partial charge in [0.15, 0.2) is 8.68 Å². The number of nitro groups is 1. The van der Waals surface area contributed by atoms with Gasteiger partial charge in [-0.25, -0.2) is 0 Å². The van der Waals surface area contributed by atoms with Crippen molar-refractivity contribution in [2.45, 2.75) is 40.0 Å². The van der Waals surface area contributed by atoms with E-state index in [4.69, 9.17) is 4.42 Å². The molecule has 0 radical (unpaired) electrons. The smallest absolute Gasteiger partial charge is 0.269 e. The standard InChI is InChI=1S/C21H19N5O3S3/c1-13(2)15-5-3-14(4-6-15)11-30-20-24-25-21(32-20)31-12-18-22-23-19(29-18)16-7-9-17(10-8-16)26(27)28/h3-10,13H,11-12H2,1-2H3. The molecule has 0 unspecified atom stereocenters. The van der Waals surface area contributed by atoms with Gasteiger partial charge in [-0.3, -0.25) is 10.1 Å². The van der Waals surface area contributed by atoms with Gasteiger partial charge in [-0.05, 0) is 29.2 Å². The summed E-state index contributed by atoms with van der Waals surface area (Å²) < 4.78 is 7.41. The molecule has 11 heteroatoms. The highest BCUT2D eigenvalue weighted by molar-refractivity contribution is 8.02. The number of hydrogen-bond donors (Lipinski definition) is 0. The summed E-state index contributed by atoms with van der Waals surface area (Å²) in [6, 6.07) is 14.7. The second-order valence-corrected chi connectivity index (χ2v) is 10.5. The number of thioether (sulfide) groups is 2. The molecule has 2 aromatic heterocycles. The van der Waals surface area contributed by atoms with Crippen LogP contribution in [0.4, 0.5) is 5.69 Å². The van der Waals surface area contributed by atoms with Crippen LogP contribution in [0.2, 0.25) is 0 Å². The topological polar surface area (TPSA) is 108 Å². The monoisotopic (exact) mass is 485 g/mol. The van der Waals surface area contributed by atoms with Crippen LogP contribution in [0.5, 0.6) is 0 Å². The zero-order valence-electron chi connectivity index (χ0n) is 17.3. The first-order valence-corrected chi connectivity index (χ1v) is 12.5. The molecule has 0 saturated carbocycles. The minimum atomic E-state index is -0.448. The maximum Gasteiger partial charge on any atom is 0.269 e. The van der Waals surface area contributed by atoms with Gasteiger partial charge in [0.25, 0.3) is 5.69 Å². The van der Waals surface area contributed by atoms with Crippen molar-refractivity contribution in [3.05, 3.63) is 75.7 Å². The second kappa shape index (κ2) is 10.2. The van der Waals surface area contributed by atoms with Crippen LogP contribution in [-0.4, -0.2) is 25.3 Å². The lowest BCUT2D eigenvalue weighted by molar-refractivity contribution is -0.384. The third-order valence-corrected chi connectivity index (χ3v) is 7.75. The molecule has 0 fully saturated rings. The van der Waals surface area contributed by atoms with E-state index in [-0.39, 0.29) is 5.69 Å². The normalized spacial score (nSPS) is 11.2. The summed E-state index contributed by atoms with van der Waals surface area (Å²) in [5.74, 6) is 2.63. The Balaban J connectivity index is 1.29. The predicted octanol–water partition coefficient (Wildman–Crippen LogP) is 6.20. The van der Waals surface area contributed by atoms with E-state index in [0.717, 1.165) is 14.4 Å². The van der Waals surface area contributed by atoms with Crippen molar-refractivity contribution in [2.24, 2.45) is 0 Å². The van der Waals surface area contributed by atoms with E-state index in [1.807, 2.05) is 0 Å². The summed E-state index contributed by atoms with van der Waals surface area (Å²) in [6.07, 6.45) is 0. The molecule has 0 aliphatic heterocycles. The highest BCUT2D eigenvalue weighted by atomic mass is 32.2. The molecule has 0 spiro atoms. The van der Waals surface area contributed by atoms with E-state index in [1.165, 1.54) is 46.4 Å². The molecule has 2 heterocycles. The number of rotatable bonds is 9. The van der Waals surface area contributed by atoms with E-state index in [2.05, 4.69) is 58.5 Å². The maximum absolute atomic E-state index is 10.8. The largest absolute Gasteiger partial charge is 0.420 e. The molecule has 0 saturated heterocycles. The van der Waals surface area contributed by atoms with Crippen LogP contribution in [0.25, 0.3) is 11.5 Å². The Morgan fingerprint density at radius 1 is 0.938 bits per heavy atom. The van der Waals surface area contributed by atoms with Crippen LogP contribution in [0.15, 0.2) is 61.6 Å². The first kappa shape index (κ1) is 22.4.